The number of benzene rings is 2. The molecule has 0 amide bonds. The Morgan fingerprint density at radius 3 is 1.19 bits per heavy atom. The van der Waals surface area contributed by atoms with Crippen LogP contribution in [0.2, 0.25) is 39.3 Å². The van der Waals surface area contributed by atoms with Crippen LogP contribution in [0, 0.1) is 33.5 Å². The van der Waals surface area contributed by atoms with Gasteiger partial charge in [0.25, 0.3) is 0 Å². The van der Waals surface area contributed by atoms with Gasteiger partial charge in [-0.3, -0.25) is 0 Å². The van der Waals surface area contributed by atoms with Crippen LogP contribution >= 0.6 is 0 Å². The van der Waals surface area contributed by atoms with Crippen LogP contribution in [0.25, 0.3) is 0 Å². The van der Waals surface area contributed by atoms with E-state index in [0.29, 0.717) is 12.8 Å². The third-order valence-corrected chi connectivity index (χ3v) is 10.8. The second-order valence-corrected chi connectivity index (χ2v) is 21.9. The van der Waals surface area contributed by atoms with Gasteiger partial charge in [-0.05, 0) is 75.1 Å². The maximum Gasteiger partial charge on any atom is 0.185 e. The Hall–Kier alpha value is -2.23. The fourth-order valence-electron chi connectivity index (χ4n) is 7.52. The van der Waals surface area contributed by atoms with E-state index in [1.54, 1.807) is 0 Å². The molecular weight excluding hydrogens is 477 g/mol. The summed E-state index contributed by atoms with van der Waals surface area (Å²) >= 11 is 0. The fourth-order valence-corrected chi connectivity index (χ4v) is 10.3. The van der Waals surface area contributed by atoms with Gasteiger partial charge in [-0.15, -0.1) is 0 Å². The third kappa shape index (κ3) is 3.82. The SMILES string of the molecule is C[C@@]12[C@H](c3ccccc3)C[C@](C#N)(O[Si](C)(C)C)[C@]1(C)[C@@H](c1ccccc1)C[C@@]2(C#N)O[Si](C)(C)C. The summed E-state index contributed by atoms with van der Waals surface area (Å²) in [5, 5.41) is 22.1. The van der Waals surface area contributed by atoms with E-state index >= 15 is 0 Å². The summed E-state index contributed by atoms with van der Waals surface area (Å²) in [6.07, 6.45) is 1.10. The van der Waals surface area contributed by atoms with Crippen molar-refractivity contribution in [3.8, 4) is 12.1 Å². The summed E-state index contributed by atoms with van der Waals surface area (Å²) in [5.74, 6) is -0.131. The van der Waals surface area contributed by atoms with E-state index < -0.39 is 38.7 Å². The monoisotopic (exact) mass is 516 g/mol. The summed E-state index contributed by atoms with van der Waals surface area (Å²) < 4.78 is 14.0. The second-order valence-electron chi connectivity index (χ2n) is 13.0. The first kappa shape index (κ1) is 26.8. The molecule has 6 heteroatoms. The summed E-state index contributed by atoms with van der Waals surface area (Å²) in [4.78, 5) is 0. The summed E-state index contributed by atoms with van der Waals surface area (Å²) in [6, 6.07) is 26.3. The minimum atomic E-state index is -2.16. The van der Waals surface area contributed by atoms with E-state index in [4.69, 9.17) is 8.85 Å². The first-order valence-electron chi connectivity index (χ1n) is 13.0. The van der Waals surface area contributed by atoms with Gasteiger partial charge in [0.05, 0.1) is 12.1 Å². The quantitative estimate of drug-likeness (QED) is 0.371. The molecule has 2 aromatic carbocycles. The van der Waals surface area contributed by atoms with Crippen molar-refractivity contribution >= 4 is 16.6 Å². The van der Waals surface area contributed by atoms with Crippen molar-refractivity contribution < 1.29 is 8.85 Å². The molecule has 36 heavy (non-hydrogen) atoms. The number of nitriles is 2. The lowest BCUT2D eigenvalue weighted by atomic mass is 9.55. The minimum Gasteiger partial charge on any atom is -0.399 e. The molecule has 0 N–H and O–H groups in total. The molecule has 2 fully saturated rings. The molecule has 190 valence electrons. The molecule has 0 saturated heterocycles. The zero-order valence-corrected chi connectivity index (χ0v) is 25.1. The van der Waals surface area contributed by atoms with Crippen LogP contribution in [0.4, 0.5) is 0 Å². The molecule has 0 radical (unpaired) electrons. The van der Waals surface area contributed by atoms with Crippen LogP contribution < -0.4 is 0 Å². The summed E-state index contributed by atoms with van der Waals surface area (Å²) in [5.41, 5.74) is -1.12. The van der Waals surface area contributed by atoms with Gasteiger partial charge in [0, 0.05) is 10.8 Å². The van der Waals surface area contributed by atoms with Crippen molar-refractivity contribution in [3.05, 3.63) is 71.8 Å². The molecule has 2 aliphatic rings. The highest BCUT2D eigenvalue weighted by molar-refractivity contribution is 6.70. The number of hydrogen-bond donors (Lipinski definition) is 0. The summed E-state index contributed by atoms with van der Waals surface area (Å²) in [7, 11) is -4.31. The van der Waals surface area contributed by atoms with Crippen LogP contribution in [-0.4, -0.2) is 27.8 Å². The number of nitrogens with zero attached hydrogens (tertiary/aromatic N) is 2. The molecule has 0 aromatic heterocycles. The van der Waals surface area contributed by atoms with Crippen molar-refractivity contribution in [2.45, 2.75) is 89.0 Å². The standard InChI is InChI=1S/C30H40N2O2Si2/c1-27-25(23-15-11-9-12-16-23)19-30(22-32,34-36(6,7)8)28(27,2)26(24-17-13-10-14-18-24)20-29(27,21-31)33-35(3,4)5/h9-18,25-26H,19-20H2,1-8H3/t25-,26+,27-,28-,29-,30+/m1/s1. The smallest absolute Gasteiger partial charge is 0.185 e. The van der Waals surface area contributed by atoms with Crippen molar-refractivity contribution in [2.24, 2.45) is 10.8 Å². The summed E-state index contributed by atoms with van der Waals surface area (Å²) in [6.45, 7) is 17.4. The van der Waals surface area contributed by atoms with Crippen molar-refractivity contribution in [1.82, 2.24) is 0 Å². The normalized spacial score (nSPS) is 36.2. The van der Waals surface area contributed by atoms with Crippen molar-refractivity contribution in [3.63, 3.8) is 0 Å². The van der Waals surface area contributed by atoms with Gasteiger partial charge < -0.3 is 8.85 Å². The van der Waals surface area contributed by atoms with Crippen LogP contribution in [0.3, 0.4) is 0 Å². The highest BCUT2D eigenvalue weighted by Gasteiger charge is 2.82. The maximum atomic E-state index is 11.0. The molecule has 0 aliphatic heterocycles. The lowest BCUT2D eigenvalue weighted by Gasteiger charge is -2.52. The first-order chi connectivity index (χ1) is 16.7. The Balaban J connectivity index is 2.10. The van der Waals surface area contributed by atoms with Crippen molar-refractivity contribution in [2.75, 3.05) is 0 Å². The minimum absolute atomic E-state index is 0.0654. The average Bonchev–Trinajstić information content (AvgIpc) is 3.14. The predicted octanol–water partition coefficient (Wildman–Crippen LogP) is 7.60. The van der Waals surface area contributed by atoms with Gasteiger partial charge in [0.2, 0.25) is 0 Å². The van der Waals surface area contributed by atoms with E-state index in [1.165, 1.54) is 0 Å². The van der Waals surface area contributed by atoms with Gasteiger partial charge in [-0.25, -0.2) is 0 Å². The first-order valence-corrected chi connectivity index (χ1v) is 19.8. The van der Waals surface area contributed by atoms with E-state index in [0.717, 1.165) is 11.1 Å². The molecule has 0 spiro atoms. The third-order valence-electron chi connectivity index (χ3n) is 8.86. The number of rotatable bonds is 6. The van der Waals surface area contributed by atoms with Gasteiger partial charge in [0.15, 0.2) is 27.8 Å². The van der Waals surface area contributed by atoms with Crippen LogP contribution in [-0.2, 0) is 8.85 Å². The molecule has 2 aliphatic carbocycles. The van der Waals surface area contributed by atoms with E-state index in [-0.39, 0.29) is 11.8 Å². The average molecular weight is 517 g/mol. The Morgan fingerprint density at radius 1 is 0.639 bits per heavy atom. The fraction of sp³-hybridized carbons (Fsp3) is 0.533. The molecule has 2 saturated carbocycles. The Bertz CT molecular complexity index is 1100. The van der Waals surface area contributed by atoms with E-state index in [1.807, 2.05) is 12.1 Å². The lowest BCUT2D eigenvalue weighted by molar-refractivity contribution is -0.0810. The van der Waals surface area contributed by atoms with Crippen LogP contribution in [0.15, 0.2) is 60.7 Å². The molecule has 6 atom stereocenters. The van der Waals surface area contributed by atoms with E-state index in [2.05, 4.69) is 114 Å². The van der Waals surface area contributed by atoms with Gasteiger partial charge in [0.1, 0.15) is 0 Å². The molecular formula is C30H40N2O2Si2. The molecule has 0 unspecified atom stereocenters. The Labute approximate surface area is 219 Å². The highest BCUT2D eigenvalue weighted by atomic mass is 28.4. The van der Waals surface area contributed by atoms with Crippen LogP contribution in [0.5, 0.6) is 0 Å². The molecule has 0 bridgehead atoms. The highest BCUT2D eigenvalue weighted by Crippen LogP contribution is 2.80. The van der Waals surface area contributed by atoms with Gasteiger partial charge >= 0.3 is 0 Å². The van der Waals surface area contributed by atoms with Crippen molar-refractivity contribution in [1.29, 1.82) is 10.5 Å². The van der Waals surface area contributed by atoms with Gasteiger partial charge in [-0.2, -0.15) is 10.5 Å². The molecule has 4 nitrogen and oxygen atoms in total. The van der Waals surface area contributed by atoms with Crippen LogP contribution in [0.1, 0.15) is 49.7 Å². The zero-order chi connectivity index (χ0) is 26.6. The Morgan fingerprint density at radius 2 is 0.944 bits per heavy atom. The predicted molar refractivity (Wildman–Crippen MR) is 149 cm³/mol. The maximum absolute atomic E-state index is 11.0. The molecule has 4 rings (SSSR count). The zero-order valence-electron chi connectivity index (χ0n) is 23.1. The van der Waals surface area contributed by atoms with E-state index in [9.17, 15) is 10.5 Å². The largest absolute Gasteiger partial charge is 0.399 e. The topological polar surface area (TPSA) is 66.0 Å². The lowest BCUT2D eigenvalue weighted by Crippen LogP contribution is -2.59. The van der Waals surface area contributed by atoms with Gasteiger partial charge in [-0.1, -0.05) is 74.5 Å². The Kier molecular flexibility index (Phi) is 6.46. The number of fused-ring (bicyclic) bond motifs is 1. The molecule has 0 heterocycles. The number of hydrogen-bond acceptors (Lipinski definition) is 4. The molecule has 2 aromatic rings. The second kappa shape index (κ2) is 8.67.